The molecular formula is C22H20N4O4. The molecule has 1 unspecified atom stereocenters. The number of likely N-dealkylation sites (N-methyl/N-ethyl adjacent to an activating group) is 1. The fraction of sp³-hybridized carbons (Fsp3) is 0.227. The van der Waals surface area contributed by atoms with Crippen LogP contribution in [0.5, 0.6) is 5.75 Å². The van der Waals surface area contributed by atoms with Crippen LogP contribution < -0.4 is 10.5 Å². The molecule has 1 atom stereocenters. The molecular weight excluding hydrogens is 384 g/mol. The normalized spacial score (nSPS) is 18.4. The van der Waals surface area contributed by atoms with Crippen molar-refractivity contribution in [2.24, 2.45) is 5.73 Å². The Hall–Kier alpha value is -3.83. The number of methoxy groups -OCH3 is 1. The maximum atomic E-state index is 12.1. The van der Waals surface area contributed by atoms with Gasteiger partial charge in [-0.05, 0) is 36.4 Å². The number of aromatic nitrogens is 2. The molecule has 8 nitrogen and oxygen atoms in total. The minimum absolute atomic E-state index is 0.134. The van der Waals surface area contributed by atoms with Gasteiger partial charge in [0.2, 0.25) is 5.60 Å². The van der Waals surface area contributed by atoms with Crippen molar-refractivity contribution in [3.63, 3.8) is 0 Å². The van der Waals surface area contributed by atoms with Crippen molar-refractivity contribution in [3.8, 4) is 23.3 Å². The number of likely N-dealkylation sites (tertiary alicyclic amines) is 1. The second-order valence-corrected chi connectivity index (χ2v) is 7.15. The van der Waals surface area contributed by atoms with Crippen LogP contribution in [-0.2, 0) is 4.79 Å². The maximum Gasteiger partial charge on any atom is 0.269 e. The fourth-order valence-corrected chi connectivity index (χ4v) is 3.46. The first kappa shape index (κ1) is 19.5. The molecule has 0 bridgehead atoms. The van der Waals surface area contributed by atoms with Crippen LogP contribution in [0.1, 0.15) is 22.5 Å². The SMILES string of the molecule is COc1ccc2c(c1)c(C(N)=O)nn2-c1cccc(C#CC2(O)CCN(C)C2=O)c1. The molecule has 2 amide bonds. The van der Waals surface area contributed by atoms with E-state index in [1.807, 2.05) is 6.07 Å². The van der Waals surface area contributed by atoms with Crippen molar-refractivity contribution < 1.29 is 19.4 Å². The van der Waals surface area contributed by atoms with Crippen LogP contribution in [0.4, 0.5) is 0 Å². The topological polar surface area (TPSA) is 111 Å². The number of carbonyl (C=O) groups is 2. The number of hydrogen-bond donors (Lipinski definition) is 2. The first-order valence-electron chi connectivity index (χ1n) is 9.30. The van der Waals surface area contributed by atoms with Crippen molar-refractivity contribution in [2.75, 3.05) is 20.7 Å². The minimum Gasteiger partial charge on any atom is -0.497 e. The standard InChI is InChI=1S/C22H20N4O4/c1-25-11-10-22(29,21(25)28)9-8-14-4-3-5-15(12-14)26-18-7-6-16(30-2)13-17(18)19(24-26)20(23)27/h3-7,12-13,29H,10-11H2,1-2H3,(H2,23,27). The van der Waals surface area contributed by atoms with Gasteiger partial charge in [0.1, 0.15) is 5.75 Å². The first-order chi connectivity index (χ1) is 14.3. The molecule has 0 spiro atoms. The number of ether oxygens (including phenoxy) is 1. The van der Waals surface area contributed by atoms with Crippen molar-refractivity contribution in [1.29, 1.82) is 0 Å². The quantitative estimate of drug-likeness (QED) is 0.635. The Morgan fingerprint density at radius 1 is 1.30 bits per heavy atom. The van der Waals surface area contributed by atoms with Gasteiger partial charge in [-0.3, -0.25) is 9.59 Å². The largest absolute Gasteiger partial charge is 0.497 e. The van der Waals surface area contributed by atoms with E-state index in [1.165, 1.54) is 4.90 Å². The van der Waals surface area contributed by atoms with E-state index >= 15 is 0 Å². The summed E-state index contributed by atoms with van der Waals surface area (Å²) < 4.78 is 6.84. The highest BCUT2D eigenvalue weighted by Crippen LogP contribution is 2.27. The van der Waals surface area contributed by atoms with Crippen LogP contribution in [0.3, 0.4) is 0 Å². The Morgan fingerprint density at radius 2 is 2.10 bits per heavy atom. The molecule has 0 saturated carbocycles. The lowest BCUT2D eigenvalue weighted by atomic mass is 10.0. The summed E-state index contributed by atoms with van der Waals surface area (Å²) in [5.41, 5.74) is 5.91. The molecule has 1 saturated heterocycles. The number of amides is 2. The van der Waals surface area contributed by atoms with E-state index in [0.29, 0.717) is 34.4 Å². The molecule has 2 aromatic carbocycles. The summed E-state index contributed by atoms with van der Waals surface area (Å²) >= 11 is 0. The number of rotatable bonds is 3. The number of benzene rings is 2. The summed E-state index contributed by atoms with van der Waals surface area (Å²) in [5, 5.41) is 15.4. The number of carbonyl (C=O) groups excluding carboxylic acids is 2. The molecule has 2 heterocycles. The van der Waals surface area contributed by atoms with Gasteiger partial charge in [-0.1, -0.05) is 17.9 Å². The molecule has 0 aliphatic carbocycles. The van der Waals surface area contributed by atoms with E-state index in [2.05, 4.69) is 16.9 Å². The summed E-state index contributed by atoms with van der Waals surface area (Å²) in [4.78, 5) is 25.5. The van der Waals surface area contributed by atoms with E-state index < -0.39 is 17.4 Å². The van der Waals surface area contributed by atoms with Crippen LogP contribution in [0.25, 0.3) is 16.6 Å². The van der Waals surface area contributed by atoms with E-state index in [-0.39, 0.29) is 12.1 Å². The lowest BCUT2D eigenvalue weighted by molar-refractivity contribution is -0.137. The number of hydrogen-bond acceptors (Lipinski definition) is 5. The molecule has 3 N–H and O–H groups in total. The van der Waals surface area contributed by atoms with Crippen LogP contribution in [0.2, 0.25) is 0 Å². The average Bonchev–Trinajstić information content (AvgIpc) is 3.26. The van der Waals surface area contributed by atoms with Crippen molar-refractivity contribution in [1.82, 2.24) is 14.7 Å². The van der Waals surface area contributed by atoms with Crippen molar-refractivity contribution in [2.45, 2.75) is 12.0 Å². The van der Waals surface area contributed by atoms with Gasteiger partial charge in [0.15, 0.2) is 5.69 Å². The smallest absolute Gasteiger partial charge is 0.269 e. The number of primary amides is 1. The lowest BCUT2D eigenvalue weighted by Crippen LogP contribution is -2.37. The summed E-state index contributed by atoms with van der Waals surface area (Å²) in [6, 6.07) is 12.4. The van der Waals surface area contributed by atoms with Crippen LogP contribution >= 0.6 is 0 Å². The summed E-state index contributed by atoms with van der Waals surface area (Å²) in [6.45, 7) is 0.461. The number of aliphatic hydroxyl groups is 1. The first-order valence-corrected chi connectivity index (χ1v) is 9.30. The lowest BCUT2D eigenvalue weighted by Gasteiger charge is -2.13. The van der Waals surface area contributed by atoms with Gasteiger partial charge in [-0.15, -0.1) is 0 Å². The van der Waals surface area contributed by atoms with Gasteiger partial charge in [0, 0.05) is 31.0 Å². The highest BCUT2D eigenvalue weighted by molar-refractivity contribution is 6.04. The molecule has 1 aliphatic heterocycles. The summed E-state index contributed by atoms with van der Waals surface area (Å²) in [7, 11) is 3.18. The zero-order valence-corrected chi connectivity index (χ0v) is 16.5. The van der Waals surface area contributed by atoms with Crippen LogP contribution in [0, 0.1) is 11.8 Å². The Balaban J connectivity index is 1.77. The van der Waals surface area contributed by atoms with Crippen LogP contribution in [0.15, 0.2) is 42.5 Å². The third kappa shape index (κ3) is 3.25. The van der Waals surface area contributed by atoms with Crippen molar-refractivity contribution in [3.05, 3.63) is 53.7 Å². The predicted octanol–water partition coefficient (Wildman–Crippen LogP) is 1.08. The zero-order valence-electron chi connectivity index (χ0n) is 16.5. The third-order valence-electron chi connectivity index (χ3n) is 5.13. The van der Waals surface area contributed by atoms with Gasteiger partial charge in [-0.25, -0.2) is 4.68 Å². The van der Waals surface area contributed by atoms with Gasteiger partial charge in [0.05, 0.1) is 18.3 Å². The molecule has 1 fully saturated rings. The van der Waals surface area contributed by atoms with E-state index in [0.717, 1.165) is 0 Å². The Kier molecular flexibility index (Phi) is 4.68. The van der Waals surface area contributed by atoms with Crippen molar-refractivity contribution >= 4 is 22.7 Å². The molecule has 1 aliphatic rings. The van der Waals surface area contributed by atoms with E-state index in [1.54, 1.807) is 55.2 Å². The Labute approximate surface area is 172 Å². The third-order valence-corrected chi connectivity index (χ3v) is 5.13. The van der Waals surface area contributed by atoms with Gasteiger partial charge >= 0.3 is 0 Å². The highest BCUT2D eigenvalue weighted by Gasteiger charge is 2.42. The second-order valence-electron chi connectivity index (χ2n) is 7.15. The van der Waals surface area contributed by atoms with Crippen LogP contribution in [-0.4, -0.2) is 57.9 Å². The Bertz CT molecular complexity index is 1240. The number of nitrogens with zero attached hydrogens (tertiary/aromatic N) is 3. The number of nitrogens with two attached hydrogens (primary N) is 1. The van der Waals surface area contributed by atoms with Gasteiger partial charge < -0.3 is 20.5 Å². The Morgan fingerprint density at radius 3 is 2.77 bits per heavy atom. The minimum atomic E-state index is -1.67. The average molecular weight is 404 g/mol. The molecule has 0 radical (unpaired) electrons. The predicted molar refractivity (Wildman–Crippen MR) is 110 cm³/mol. The summed E-state index contributed by atoms with van der Waals surface area (Å²) in [5.74, 6) is 5.13. The molecule has 8 heteroatoms. The maximum absolute atomic E-state index is 12.1. The highest BCUT2D eigenvalue weighted by atomic mass is 16.5. The zero-order chi connectivity index (χ0) is 21.5. The van der Waals surface area contributed by atoms with E-state index in [4.69, 9.17) is 10.5 Å². The van der Waals surface area contributed by atoms with Gasteiger partial charge in [-0.2, -0.15) is 5.10 Å². The fourth-order valence-electron chi connectivity index (χ4n) is 3.46. The molecule has 30 heavy (non-hydrogen) atoms. The molecule has 152 valence electrons. The molecule has 4 rings (SSSR count). The number of fused-ring (bicyclic) bond motifs is 1. The van der Waals surface area contributed by atoms with E-state index in [9.17, 15) is 14.7 Å². The molecule has 3 aromatic rings. The molecule has 1 aromatic heterocycles. The monoisotopic (exact) mass is 404 g/mol. The summed E-state index contributed by atoms with van der Waals surface area (Å²) in [6.07, 6.45) is 0.266. The second kappa shape index (κ2) is 7.21. The van der Waals surface area contributed by atoms with Gasteiger partial charge in [0.25, 0.3) is 11.8 Å².